The molecule has 3 heterocycles. The van der Waals surface area contributed by atoms with E-state index in [1.165, 1.54) is 17.9 Å². The van der Waals surface area contributed by atoms with Crippen LogP contribution in [0.4, 0.5) is 20.6 Å². The molecule has 1 aromatic rings. The normalized spacial score (nSPS) is 21.7. The number of rotatable bonds is 4. The Morgan fingerprint density at radius 1 is 1.28 bits per heavy atom. The van der Waals surface area contributed by atoms with Crippen LogP contribution >= 0.6 is 0 Å². The molecule has 0 spiro atoms. The van der Waals surface area contributed by atoms with Crippen molar-refractivity contribution in [2.45, 2.75) is 13.0 Å². The molecule has 3 aliphatic rings. The van der Waals surface area contributed by atoms with Crippen molar-refractivity contribution in [3.05, 3.63) is 24.0 Å². The van der Waals surface area contributed by atoms with Crippen LogP contribution in [0.25, 0.3) is 0 Å². The molecule has 29 heavy (non-hydrogen) atoms. The number of hydrogen-bond donors (Lipinski definition) is 1. The molecule has 3 aliphatic heterocycles. The van der Waals surface area contributed by atoms with Gasteiger partial charge in [0, 0.05) is 33.1 Å². The van der Waals surface area contributed by atoms with Gasteiger partial charge >= 0.3 is 6.09 Å². The molecule has 9 nitrogen and oxygen atoms in total. The van der Waals surface area contributed by atoms with E-state index in [0.29, 0.717) is 56.7 Å². The Morgan fingerprint density at radius 2 is 2.03 bits per heavy atom. The number of hydrogen-bond acceptors (Lipinski definition) is 7. The summed E-state index contributed by atoms with van der Waals surface area (Å²) in [5.74, 6) is -0.579. The third kappa shape index (κ3) is 4.20. The summed E-state index contributed by atoms with van der Waals surface area (Å²) in [4.78, 5) is 32.9. The molecule has 0 saturated carbocycles. The molecule has 4 rings (SSSR count). The molecule has 0 unspecified atom stereocenters. The lowest BCUT2D eigenvalue weighted by Gasteiger charge is -2.36. The molecule has 1 N–H and O–H groups in total. The molecule has 1 atom stereocenters. The number of amidine groups is 1. The molecule has 10 heteroatoms. The lowest BCUT2D eigenvalue weighted by Crippen LogP contribution is -2.49. The van der Waals surface area contributed by atoms with E-state index in [9.17, 15) is 14.0 Å². The van der Waals surface area contributed by atoms with Crippen LogP contribution in [-0.4, -0.2) is 81.4 Å². The minimum atomic E-state index is -0.543. The van der Waals surface area contributed by atoms with Crippen LogP contribution in [0.3, 0.4) is 0 Å². The van der Waals surface area contributed by atoms with Crippen molar-refractivity contribution < 1.29 is 23.5 Å². The first-order valence-corrected chi connectivity index (χ1v) is 9.70. The van der Waals surface area contributed by atoms with Crippen molar-refractivity contribution in [1.82, 2.24) is 10.2 Å². The van der Waals surface area contributed by atoms with E-state index in [-0.39, 0.29) is 24.8 Å². The summed E-state index contributed by atoms with van der Waals surface area (Å²) in [5, 5.41) is 2.62. The molecule has 1 aromatic carbocycles. The number of cyclic esters (lactones) is 1. The zero-order valence-corrected chi connectivity index (χ0v) is 16.3. The summed E-state index contributed by atoms with van der Waals surface area (Å²) in [6.45, 7) is 5.94. The van der Waals surface area contributed by atoms with E-state index in [1.54, 1.807) is 12.1 Å². The van der Waals surface area contributed by atoms with Crippen molar-refractivity contribution in [3.63, 3.8) is 0 Å². The lowest BCUT2D eigenvalue weighted by atomic mass is 10.2. The maximum atomic E-state index is 14.8. The van der Waals surface area contributed by atoms with Crippen molar-refractivity contribution >= 4 is 29.4 Å². The lowest BCUT2D eigenvalue weighted by molar-refractivity contribution is -0.119. The van der Waals surface area contributed by atoms with Crippen LogP contribution in [0.15, 0.2) is 23.2 Å². The van der Waals surface area contributed by atoms with E-state index in [4.69, 9.17) is 9.47 Å². The van der Waals surface area contributed by atoms with E-state index in [1.807, 2.05) is 4.90 Å². The summed E-state index contributed by atoms with van der Waals surface area (Å²) in [5.41, 5.74) is 0.943. The third-order valence-corrected chi connectivity index (χ3v) is 5.16. The highest BCUT2D eigenvalue weighted by molar-refractivity contribution is 5.90. The smallest absolute Gasteiger partial charge is 0.414 e. The van der Waals surface area contributed by atoms with Gasteiger partial charge in [0.05, 0.1) is 31.0 Å². The van der Waals surface area contributed by atoms with Gasteiger partial charge in [-0.2, -0.15) is 0 Å². The third-order valence-electron chi connectivity index (χ3n) is 5.16. The number of nitrogens with one attached hydrogen (secondary N) is 1. The number of anilines is 2. The van der Waals surface area contributed by atoms with Crippen molar-refractivity contribution in [2.75, 3.05) is 62.2 Å². The number of aliphatic imine (C=N–C) groups is 1. The zero-order chi connectivity index (χ0) is 20.4. The number of amides is 2. The number of carbonyl (C=O) groups excluding carboxylic acids is 2. The Hall–Kier alpha value is -3.04. The SMILES string of the molecule is CC(=O)NC[C@H]1CN(c2ccc(N3CCN(C4=NCCO4)CC3)c(F)c2)C(=O)O1. The monoisotopic (exact) mass is 405 g/mol. The van der Waals surface area contributed by atoms with Crippen LogP contribution in [-0.2, 0) is 14.3 Å². The van der Waals surface area contributed by atoms with Gasteiger partial charge in [-0.1, -0.05) is 0 Å². The maximum Gasteiger partial charge on any atom is 0.414 e. The van der Waals surface area contributed by atoms with Gasteiger partial charge in [-0.3, -0.25) is 9.69 Å². The first kappa shape index (κ1) is 19.3. The van der Waals surface area contributed by atoms with E-state index in [0.717, 1.165) is 0 Å². The highest BCUT2D eigenvalue weighted by atomic mass is 19.1. The minimum absolute atomic E-state index is 0.193. The van der Waals surface area contributed by atoms with Gasteiger partial charge in [-0.15, -0.1) is 0 Å². The zero-order valence-electron chi connectivity index (χ0n) is 16.3. The standard InChI is InChI=1S/C19H24FN5O4/c1-13(26)22-11-15-12-25(19(27)29-15)14-2-3-17(16(20)10-14)23-5-7-24(8-6-23)18-21-4-9-28-18/h2-3,10,15H,4-9,11-12H2,1H3,(H,22,26)/t15-/m0/s1. The van der Waals surface area contributed by atoms with Crippen LogP contribution in [0.1, 0.15) is 6.92 Å². The summed E-state index contributed by atoms with van der Waals surface area (Å²) in [6.07, 6.45) is -0.999. The summed E-state index contributed by atoms with van der Waals surface area (Å²) < 4.78 is 25.6. The van der Waals surface area contributed by atoms with Gasteiger partial charge < -0.3 is 24.6 Å². The maximum absolute atomic E-state index is 14.8. The molecule has 0 aromatic heterocycles. The molecular formula is C19H24FN5O4. The second-order valence-electron chi connectivity index (χ2n) is 7.18. The van der Waals surface area contributed by atoms with Gasteiger partial charge in [0.1, 0.15) is 18.5 Å². The fourth-order valence-electron chi connectivity index (χ4n) is 3.67. The van der Waals surface area contributed by atoms with E-state index < -0.39 is 12.2 Å². The average molecular weight is 405 g/mol. The molecule has 2 amide bonds. The predicted molar refractivity (Wildman–Crippen MR) is 105 cm³/mol. The quantitative estimate of drug-likeness (QED) is 0.797. The number of piperazine rings is 1. The number of halogens is 1. The van der Waals surface area contributed by atoms with Crippen LogP contribution in [0.2, 0.25) is 0 Å². The number of ether oxygens (including phenoxy) is 2. The predicted octanol–water partition coefficient (Wildman–Crippen LogP) is 0.795. The Labute approximate surface area is 168 Å². The van der Waals surface area contributed by atoms with E-state index >= 15 is 0 Å². The average Bonchev–Trinajstić information content (AvgIpc) is 3.36. The molecule has 0 radical (unpaired) electrons. The fraction of sp³-hybridized carbons (Fsp3) is 0.526. The van der Waals surface area contributed by atoms with E-state index in [2.05, 4.69) is 15.2 Å². The Bertz CT molecular complexity index is 825. The molecule has 156 valence electrons. The highest BCUT2D eigenvalue weighted by Gasteiger charge is 2.33. The molecular weight excluding hydrogens is 381 g/mol. The first-order chi connectivity index (χ1) is 14.0. The Kier molecular flexibility index (Phi) is 5.41. The highest BCUT2D eigenvalue weighted by Crippen LogP contribution is 2.28. The molecule has 0 aliphatic carbocycles. The van der Waals surface area contributed by atoms with Crippen LogP contribution in [0, 0.1) is 5.82 Å². The number of carbonyl (C=O) groups is 2. The summed E-state index contributed by atoms with van der Waals surface area (Å²) >= 11 is 0. The van der Waals surface area contributed by atoms with Gasteiger partial charge in [0.25, 0.3) is 6.02 Å². The van der Waals surface area contributed by atoms with Crippen molar-refractivity contribution in [2.24, 2.45) is 4.99 Å². The molecule has 2 fully saturated rings. The second-order valence-corrected chi connectivity index (χ2v) is 7.18. The molecule has 2 saturated heterocycles. The minimum Gasteiger partial charge on any atom is -0.463 e. The summed E-state index contributed by atoms with van der Waals surface area (Å²) in [6, 6.07) is 5.45. The van der Waals surface area contributed by atoms with Gasteiger partial charge in [-0.05, 0) is 18.2 Å². The summed E-state index contributed by atoms with van der Waals surface area (Å²) in [7, 11) is 0. The van der Waals surface area contributed by atoms with Gasteiger partial charge in [0.2, 0.25) is 5.91 Å². The molecule has 0 bridgehead atoms. The number of nitrogens with zero attached hydrogens (tertiary/aromatic N) is 4. The Balaban J connectivity index is 1.38. The topological polar surface area (TPSA) is 86.7 Å². The first-order valence-electron chi connectivity index (χ1n) is 9.70. The van der Waals surface area contributed by atoms with Crippen LogP contribution < -0.4 is 15.1 Å². The largest absolute Gasteiger partial charge is 0.463 e. The fourth-order valence-corrected chi connectivity index (χ4v) is 3.67. The Morgan fingerprint density at radius 3 is 2.69 bits per heavy atom. The number of benzene rings is 1. The van der Waals surface area contributed by atoms with Gasteiger partial charge in [0.15, 0.2) is 0 Å². The van der Waals surface area contributed by atoms with Gasteiger partial charge in [-0.25, -0.2) is 14.2 Å². The van der Waals surface area contributed by atoms with Crippen molar-refractivity contribution in [3.8, 4) is 0 Å². The van der Waals surface area contributed by atoms with Crippen LogP contribution in [0.5, 0.6) is 0 Å². The van der Waals surface area contributed by atoms with Crippen molar-refractivity contribution in [1.29, 1.82) is 0 Å². The second kappa shape index (κ2) is 8.14.